The molecule has 0 spiro atoms. The number of anilines is 1. The lowest BCUT2D eigenvalue weighted by Crippen LogP contribution is -2.00. The smallest absolute Gasteiger partial charge is 0.177 e. The number of aryl methyl sites for hydroxylation is 1. The maximum absolute atomic E-state index is 6.28. The monoisotopic (exact) mass is 410 g/mol. The van der Waals surface area contributed by atoms with Crippen LogP contribution in [0.4, 0.5) is 5.82 Å². The molecule has 0 saturated carbocycles. The van der Waals surface area contributed by atoms with Crippen LogP contribution in [0, 0.1) is 0 Å². The number of imidazole rings is 1. The summed E-state index contributed by atoms with van der Waals surface area (Å²) in [5.41, 5.74) is 8.11. The van der Waals surface area contributed by atoms with Gasteiger partial charge in [-0.05, 0) is 30.3 Å². The molecule has 25 heavy (non-hydrogen) atoms. The van der Waals surface area contributed by atoms with Gasteiger partial charge in [-0.1, -0.05) is 30.1 Å². The Morgan fingerprint density at radius 1 is 1.24 bits per heavy atom. The van der Waals surface area contributed by atoms with Gasteiger partial charge in [-0.15, -0.1) is 11.3 Å². The van der Waals surface area contributed by atoms with Gasteiger partial charge in [0, 0.05) is 6.54 Å². The summed E-state index contributed by atoms with van der Waals surface area (Å²) in [7, 11) is 0. The number of nitrogens with two attached hydrogens (primary N) is 1. The van der Waals surface area contributed by atoms with Crippen molar-refractivity contribution < 1.29 is 0 Å². The lowest BCUT2D eigenvalue weighted by Gasteiger charge is -2.04. The van der Waals surface area contributed by atoms with Crippen molar-refractivity contribution in [1.82, 2.24) is 24.5 Å². The van der Waals surface area contributed by atoms with Crippen molar-refractivity contribution in [2.24, 2.45) is 0 Å². The zero-order chi connectivity index (χ0) is 17.6. The molecule has 0 unspecified atom stereocenters. The number of hydrogen-bond acceptors (Lipinski definition) is 7. The Morgan fingerprint density at radius 2 is 2.08 bits per heavy atom. The van der Waals surface area contributed by atoms with Gasteiger partial charge in [0.2, 0.25) is 0 Å². The standard InChI is InChI=1S/C15H12Cl2N6S2/c1-2-5-23-13-10(12(18)19-6-20-13)22-14(23)25-15-21-8-4-3-7(16)9(17)11(8)24-15/h3-4,6H,2,5H2,1H3,(H2,18,19,20). The van der Waals surface area contributed by atoms with E-state index in [1.165, 1.54) is 29.4 Å². The van der Waals surface area contributed by atoms with Crippen molar-refractivity contribution in [3.8, 4) is 0 Å². The van der Waals surface area contributed by atoms with E-state index in [1.807, 2.05) is 10.6 Å². The Labute approximate surface area is 161 Å². The zero-order valence-corrected chi connectivity index (χ0v) is 16.2. The molecule has 6 nitrogen and oxygen atoms in total. The lowest BCUT2D eigenvalue weighted by molar-refractivity contribution is 0.633. The number of nitrogens with zero attached hydrogens (tertiary/aromatic N) is 5. The van der Waals surface area contributed by atoms with Gasteiger partial charge in [0.15, 0.2) is 26.5 Å². The summed E-state index contributed by atoms with van der Waals surface area (Å²) in [6, 6.07) is 3.62. The Hall–Kier alpha value is -1.61. The average molecular weight is 411 g/mol. The van der Waals surface area contributed by atoms with Crippen molar-refractivity contribution >= 4 is 73.5 Å². The first-order valence-corrected chi connectivity index (χ1v) is 9.86. The van der Waals surface area contributed by atoms with E-state index in [0.29, 0.717) is 21.4 Å². The summed E-state index contributed by atoms with van der Waals surface area (Å²) >= 11 is 15.3. The van der Waals surface area contributed by atoms with Gasteiger partial charge in [0.1, 0.15) is 6.33 Å². The van der Waals surface area contributed by atoms with Gasteiger partial charge < -0.3 is 10.3 Å². The lowest BCUT2D eigenvalue weighted by atomic mass is 10.3. The number of fused-ring (bicyclic) bond motifs is 2. The van der Waals surface area contributed by atoms with Crippen LogP contribution in [0.2, 0.25) is 10.0 Å². The van der Waals surface area contributed by atoms with Gasteiger partial charge in [-0.25, -0.2) is 19.9 Å². The number of aromatic nitrogens is 5. The molecular formula is C15H12Cl2N6S2. The molecule has 3 aromatic heterocycles. The highest BCUT2D eigenvalue weighted by Crippen LogP contribution is 2.40. The molecule has 0 aliphatic heterocycles. The maximum Gasteiger partial charge on any atom is 0.177 e. The van der Waals surface area contributed by atoms with E-state index in [-0.39, 0.29) is 0 Å². The molecule has 128 valence electrons. The van der Waals surface area contributed by atoms with E-state index in [1.54, 1.807) is 6.07 Å². The van der Waals surface area contributed by atoms with Crippen LogP contribution in [0.25, 0.3) is 21.4 Å². The molecule has 0 radical (unpaired) electrons. The zero-order valence-electron chi connectivity index (χ0n) is 13.0. The number of hydrogen-bond donors (Lipinski definition) is 1. The Morgan fingerprint density at radius 3 is 2.88 bits per heavy atom. The highest BCUT2D eigenvalue weighted by atomic mass is 35.5. The molecule has 4 aromatic rings. The normalized spacial score (nSPS) is 11.6. The third-order valence-electron chi connectivity index (χ3n) is 3.58. The van der Waals surface area contributed by atoms with Crippen LogP contribution >= 0.6 is 46.3 Å². The first-order valence-electron chi connectivity index (χ1n) is 7.47. The third-order valence-corrected chi connectivity index (χ3v) is 6.64. The number of halogens is 2. The summed E-state index contributed by atoms with van der Waals surface area (Å²) in [5, 5.41) is 1.83. The number of thiazole rings is 1. The topological polar surface area (TPSA) is 82.5 Å². The number of nitrogen functional groups attached to an aromatic ring is 1. The first-order chi connectivity index (χ1) is 12.1. The SMILES string of the molecule is CCCn1c(Sc2nc3ccc(Cl)c(Cl)c3s2)nc2c(N)ncnc21. The van der Waals surface area contributed by atoms with Gasteiger partial charge in [0.05, 0.1) is 20.3 Å². The molecule has 0 aliphatic carbocycles. The Balaban J connectivity index is 1.81. The molecule has 10 heteroatoms. The predicted octanol–water partition coefficient (Wildman–Crippen LogP) is 4.89. The van der Waals surface area contributed by atoms with E-state index in [0.717, 1.165) is 38.3 Å². The van der Waals surface area contributed by atoms with Crippen LogP contribution in [-0.4, -0.2) is 24.5 Å². The molecule has 0 bridgehead atoms. The van der Waals surface area contributed by atoms with Crippen molar-refractivity contribution in [3.63, 3.8) is 0 Å². The Kier molecular flexibility index (Phi) is 4.45. The van der Waals surface area contributed by atoms with Crippen LogP contribution in [0.1, 0.15) is 13.3 Å². The van der Waals surface area contributed by atoms with Gasteiger partial charge in [0.25, 0.3) is 0 Å². The molecule has 4 rings (SSSR count). The summed E-state index contributed by atoms with van der Waals surface area (Å²) in [5.74, 6) is 0.376. The summed E-state index contributed by atoms with van der Waals surface area (Å²) in [4.78, 5) is 17.6. The summed E-state index contributed by atoms with van der Waals surface area (Å²) in [6.45, 7) is 2.89. The van der Waals surface area contributed by atoms with Crippen molar-refractivity contribution in [2.75, 3.05) is 5.73 Å². The van der Waals surface area contributed by atoms with E-state index in [4.69, 9.17) is 28.9 Å². The van der Waals surface area contributed by atoms with Crippen LogP contribution in [-0.2, 0) is 6.54 Å². The Bertz CT molecular complexity index is 1090. The maximum atomic E-state index is 6.28. The fourth-order valence-corrected chi connectivity index (χ4v) is 5.07. The van der Waals surface area contributed by atoms with E-state index in [9.17, 15) is 0 Å². The quantitative estimate of drug-likeness (QED) is 0.515. The van der Waals surface area contributed by atoms with Crippen LogP contribution in [0.5, 0.6) is 0 Å². The second-order valence-corrected chi connectivity index (χ2v) is 8.27. The molecule has 3 heterocycles. The van der Waals surface area contributed by atoms with Gasteiger partial charge >= 0.3 is 0 Å². The van der Waals surface area contributed by atoms with Crippen molar-refractivity contribution in [1.29, 1.82) is 0 Å². The molecule has 1 aromatic carbocycles. The molecule has 0 amide bonds. The van der Waals surface area contributed by atoms with Crippen molar-refractivity contribution in [2.45, 2.75) is 29.4 Å². The second kappa shape index (κ2) is 6.60. The predicted molar refractivity (Wildman–Crippen MR) is 104 cm³/mol. The van der Waals surface area contributed by atoms with E-state index < -0.39 is 0 Å². The fourth-order valence-electron chi connectivity index (χ4n) is 2.47. The first kappa shape index (κ1) is 16.8. The summed E-state index contributed by atoms with van der Waals surface area (Å²) in [6.07, 6.45) is 2.41. The van der Waals surface area contributed by atoms with Crippen LogP contribution < -0.4 is 5.73 Å². The summed E-state index contributed by atoms with van der Waals surface area (Å²) < 4.78 is 3.74. The molecule has 0 aliphatic rings. The third kappa shape index (κ3) is 2.93. The molecular weight excluding hydrogens is 399 g/mol. The minimum Gasteiger partial charge on any atom is -0.382 e. The number of rotatable bonds is 4. The van der Waals surface area contributed by atoms with Crippen molar-refractivity contribution in [3.05, 3.63) is 28.5 Å². The van der Waals surface area contributed by atoms with Gasteiger partial charge in [-0.3, -0.25) is 0 Å². The second-order valence-electron chi connectivity index (χ2n) is 5.27. The number of benzene rings is 1. The molecule has 0 fully saturated rings. The van der Waals surface area contributed by atoms with Gasteiger partial charge in [-0.2, -0.15) is 0 Å². The minimum absolute atomic E-state index is 0.376. The highest BCUT2D eigenvalue weighted by molar-refractivity contribution is 8.01. The average Bonchev–Trinajstić information content (AvgIpc) is 3.15. The molecule has 0 saturated heterocycles. The molecule has 2 N–H and O–H groups in total. The largest absolute Gasteiger partial charge is 0.382 e. The van der Waals surface area contributed by atoms with E-state index in [2.05, 4.69) is 26.9 Å². The minimum atomic E-state index is 0.376. The van der Waals surface area contributed by atoms with Crippen LogP contribution in [0.3, 0.4) is 0 Å². The van der Waals surface area contributed by atoms with Crippen LogP contribution in [0.15, 0.2) is 28.0 Å². The fraction of sp³-hybridized carbons (Fsp3) is 0.200. The molecule has 0 atom stereocenters. The highest BCUT2D eigenvalue weighted by Gasteiger charge is 2.18. The van der Waals surface area contributed by atoms with E-state index >= 15 is 0 Å².